The molecule has 1 aromatic heterocycles. The lowest BCUT2D eigenvalue weighted by Gasteiger charge is -2.23. The van der Waals surface area contributed by atoms with E-state index in [0.29, 0.717) is 30.5 Å². The summed E-state index contributed by atoms with van der Waals surface area (Å²) in [5.41, 5.74) is 1.05. The summed E-state index contributed by atoms with van der Waals surface area (Å²) in [7, 11) is 0. The molecule has 1 amide bonds. The number of rotatable bonds is 6. The van der Waals surface area contributed by atoms with Crippen molar-refractivity contribution in [2.45, 2.75) is 6.54 Å². The molecule has 0 saturated heterocycles. The first-order valence-corrected chi connectivity index (χ1v) is 8.30. The SMILES string of the molecule is O=C(N(CCOc1ccccc1Cl)Cc1ccccc1)n1ccnc1. The summed E-state index contributed by atoms with van der Waals surface area (Å²) in [6.45, 7) is 1.26. The number of aromatic nitrogens is 2. The summed E-state index contributed by atoms with van der Waals surface area (Å²) >= 11 is 6.10. The van der Waals surface area contributed by atoms with E-state index in [0.717, 1.165) is 5.56 Å². The van der Waals surface area contributed by atoms with Crippen LogP contribution in [0.1, 0.15) is 5.56 Å². The van der Waals surface area contributed by atoms with Crippen molar-refractivity contribution in [3.63, 3.8) is 0 Å². The average molecular weight is 356 g/mol. The van der Waals surface area contributed by atoms with Gasteiger partial charge in [-0.1, -0.05) is 54.1 Å². The van der Waals surface area contributed by atoms with Crippen LogP contribution in [0.3, 0.4) is 0 Å². The van der Waals surface area contributed by atoms with Gasteiger partial charge in [-0.2, -0.15) is 0 Å². The van der Waals surface area contributed by atoms with Crippen LogP contribution in [0.5, 0.6) is 5.75 Å². The van der Waals surface area contributed by atoms with Gasteiger partial charge in [0.1, 0.15) is 18.7 Å². The van der Waals surface area contributed by atoms with Gasteiger partial charge in [-0.3, -0.25) is 4.57 Å². The molecule has 0 aliphatic heterocycles. The number of hydrogen-bond donors (Lipinski definition) is 0. The highest BCUT2D eigenvalue weighted by Crippen LogP contribution is 2.23. The molecule has 0 saturated carbocycles. The number of halogens is 1. The Kier molecular flexibility index (Phi) is 5.69. The van der Waals surface area contributed by atoms with Crippen molar-refractivity contribution in [3.05, 3.63) is 83.9 Å². The van der Waals surface area contributed by atoms with Gasteiger partial charge >= 0.3 is 6.03 Å². The Labute approximate surface area is 151 Å². The Balaban J connectivity index is 1.68. The molecular weight excluding hydrogens is 338 g/mol. The zero-order chi connectivity index (χ0) is 17.5. The van der Waals surface area contributed by atoms with E-state index < -0.39 is 0 Å². The minimum absolute atomic E-state index is 0.149. The number of ether oxygens (including phenoxy) is 1. The molecule has 0 N–H and O–H groups in total. The van der Waals surface area contributed by atoms with E-state index >= 15 is 0 Å². The fourth-order valence-corrected chi connectivity index (χ4v) is 2.60. The molecule has 0 aliphatic carbocycles. The molecule has 0 aliphatic rings. The Bertz CT molecular complexity index is 807. The predicted octanol–water partition coefficient (Wildman–Crippen LogP) is 4.09. The van der Waals surface area contributed by atoms with E-state index in [4.69, 9.17) is 16.3 Å². The van der Waals surface area contributed by atoms with Crippen LogP contribution in [0.25, 0.3) is 0 Å². The van der Waals surface area contributed by atoms with Crippen LogP contribution in [0, 0.1) is 0 Å². The summed E-state index contributed by atoms with van der Waals surface area (Å²) in [6.07, 6.45) is 4.71. The third-order valence-electron chi connectivity index (χ3n) is 3.67. The van der Waals surface area contributed by atoms with Crippen LogP contribution in [0.2, 0.25) is 5.02 Å². The second-order valence-electron chi connectivity index (χ2n) is 5.44. The number of hydrogen-bond acceptors (Lipinski definition) is 3. The van der Waals surface area contributed by atoms with E-state index in [-0.39, 0.29) is 6.03 Å². The lowest BCUT2D eigenvalue weighted by Crippen LogP contribution is -2.36. The largest absolute Gasteiger partial charge is 0.490 e. The van der Waals surface area contributed by atoms with E-state index in [1.165, 1.54) is 10.9 Å². The number of imidazole rings is 1. The molecule has 128 valence electrons. The number of carbonyl (C=O) groups excluding carboxylic acids is 1. The molecule has 0 unspecified atom stereocenters. The molecule has 3 rings (SSSR count). The molecule has 0 bridgehead atoms. The topological polar surface area (TPSA) is 47.4 Å². The molecule has 0 fully saturated rings. The van der Waals surface area contributed by atoms with Gasteiger partial charge in [0, 0.05) is 18.9 Å². The van der Waals surface area contributed by atoms with Crippen LogP contribution in [0.4, 0.5) is 4.79 Å². The second-order valence-corrected chi connectivity index (χ2v) is 5.85. The molecule has 0 spiro atoms. The average Bonchev–Trinajstić information content (AvgIpc) is 3.17. The van der Waals surface area contributed by atoms with Crippen LogP contribution < -0.4 is 4.74 Å². The Morgan fingerprint density at radius 3 is 2.60 bits per heavy atom. The fourth-order valence-electron chi connectivity index (χ4n) is 2.41. The van der Waals surface area contributed by atoms with E-state index in [9.17, 15) is 4.79 Å². The van der Waals surface area contributed by atoms with Gasteiger partial charge in [0.25, 0.3) is 0 Å². The maximum atomic E-state index is 12.7. The molecule has 5 nitrogen and oxygen atoms in total. The summed E-state index contributed by atoms with van der Waals surface area (Å²) in [4.78, 5) is 18.3. The third-order valence-corrected chi connectivity index (χ3v) is 3.98. The lowest BCUT2D eigenvalue weighted by molar-refractivity contribution is 0.180. The smallest absolute Gasteiger partial charge is 0.329 e. The predicted molar refractivity (Wildman–Crippen MR) is 96.8 cm³/mol. The van der Waals surface area contributed by atoms with E-state index in [1.54, 1.807) is 23.4 Å². The quantitative estimate of drug-likeness (QED) is 0.669. The highest BCUT2D eigenvalue weighted by molar-refractivity contribution is 6.32. The fraction of sp³-hybridized carbons (Fsp3) is 0.158. The van der Waals surface area contributed by atoms with Crippen molar-refractivity contribution in [1.82, 2.24) is 14.5 Å². The van der Waals surface area contributed by atoms with Gasteiger partial charge in [-0.25, -0.2) is 9.78 Å². The van der Waals surface area contributed by atoms with E-state index in [1.807, 2.05) is 48.5 Å². The van der Waals surface area contributed by atoms with Gasteiger partial charge in [0.2, 0.25) is 0 Å². The van der Waals surface area contributed by atoms with Crippen molar-refractivity contribution in [2.24, 2.45) is 0 Å². The Morgan fingerprint density at radius 2 is 1.88 bits per heavy atom. The van der Waals surface area contributed by atoms with Crippen LogP contribution in [0.15, 0.2) is 73.3 Å². The number of nitrogens with zero attached hydrogens (tertiary/aromatic N) is 3. The second kappa shape index (κ2) is 8.35. The standard InChI is InChI=1S/C19H18ClN3O2/c20-17-8-4-5-9-18(17)25-13-12-22(14-16-6-2-1-3-7-16)19(24)23-11-10-21-15-23/h1-11,15H,12-14H2. The molecule has 3 aromatic rings. The van der Waals surface area contributed by atoms with Gasteiger partial charge < -0.3 is 9.64 Å². The number of para-hydroxylation sites is 1. The number of amides is 1. The highest BCUT2D eigenvalue weighted by atomic mass is 35.5. The van der Waals surface area contributed by atoms with Crippen LogP contribution >= 0.6 is 11.6 Å². The van der Waals surface area contributed by atoms with Crippen LogP contribution in [-0.2, 0) is 6.54 Å². The normalized spacial score (nSPS) is 10.4. The Hall–Kier alpha value is -2.79. The minimum Gasteiger partial charge on any atom is -0.490 e. The zero-order valence-electron chi connectivity index (χ0n) is 13.6. The highest BCUT2D eigenvalue weighted by Gasteiger charge is 2.16. The molecule has 25 heavy (non-hydrogen) atoms. The first-order valence-electron chi connectivity index (χ1n) is 7.92. The molecular formula is C19H18ClN3O2. The molecule has 1 heterocycles. The summed E-state index contributed by atoms with van der Waals surface area (Å²) in [5.74, 6) is 0.610. The maximum Gasteiger partial charge on any atom is 0.329 e. The number of carbonyl (C=O) groups is 1. The summed E-state index contributed by atoms with van der Waals surface area (Å²) in [5, 5.41) is 0.554. The van der Waals surface area contributed by atoms with Gasteiger partial charge in [0.05, 0.1) is 11.6 Å². The summed E-state index contributed by atoms with van der Waals surface area (Å²) < 4.78 is 7.18. The van der Waals surface area contributed by atoms with Crippen molar-refractivity contribution < 1.29 is 9.53 Å². The van der Waals surface area contributed by atoms with E-state index in [2.05, 4.69) is 4.98 Å². The molecule has 6 heteroatoms. The molecule has 0 atom stereocenters. The van der Waals surface area contributed by atoms with Gasteiger partial charge in [-0.15, -0.1) is 0 Å². The molecule has 0 radical (unpaired) electrons. The van der Waals surface area contributed by atoms with Crippen molar-refractivity contribution in [1.29, 1.82) is 0 Å². The van der Waals surface area contributed by atoms with Crippen molar-refractivity contribution >= 4 is 17.6 Å². The van der Waals surface area contributed by atoms with Crippen LogP contribution in [-0.4, -0.2) is 33.6 Å². The third kappa shape index (κ3) is 4.61. The number of benzene rings is 2. The monoisotopic (exact) mass is 355 g/mol. The maximum absolute atomic E-state index is 12.7. The minimum atomic E-state index is -0.149. The van der Waals surface area contributed by atoms with Crippen molar-refractivity contribution in [2.75, 3.05) is 13.2 Å². The zero-order valence-corrected chi connectivity index (χ0v) is 14.3. The Morgan fingerprint density at radius 1 is 1.12 bits per heavy atom. The first-order chi connectivity index (χ1) is 12.2. The van der Waals surface area contributed by atoms with Crippen molar-refractivity contribution in [3.8, 4) is 5.75 Å². The van der Waals surface area contributed by atoms with Gasteiger partial charge in [-0.05, 0) is 17.7 Å². The first kappa shape index (κ1) is 17.0. The lowest BCUT2D eigenvalue weighted by atomic mass is 10.2. The van der Waals surface area contributed by atoms with Gasteiger partial charge in [0.15, 0.2) is 0 Å². The summed E-state index contributed by atoms with van der Waals surface area (Å²) in [6, 6.07) is 17.0. The molecule has 2 aromatic carbocycles.